The molecule has 3 N–H and O–H groups in total. The Hall–Kier alpha value is -2.54. The quantitative estimate of drug-likeness (QED) is 0.506. The monoisotopic (exact) mass is 296 g/mol. The molecule has 0 saturated heterocycles. The number of hydrogen-bond acceptors (Lipinski definition) is 5. The minimum absolute atomic E-state index is 0.574. The summed E-state index contributed by atoms with van der Waals surface area (Å²) >= 11 is 1.57. The summed E-state index contributed by atoms with van der Waals surface area (Å²) in [5.74, 6) is 0.574. The van der Waals surface area contributed by atoms with Gasteiger partial charge in [0.1, 0.15) is 5.03 Å². The van der Waals surface area contributed by atoms with Crippen LogP contribution in [0.2, 0.25) is 0 Å². The number of anilines is 1. The third kappa shape index (κ3) is 2.11. The predicted octanol–water partition coefficient (Wildman–Crippen LogP) is 3.03. The molecule has 0 atom stereocenters. The molecule has 104 valence electrons. The smallest absolute Gasteiger partial charge is 0.225 e. The van der Waals surface area contributed by atoms with Gasteiger partial charge in [-0.05, 0) is 12.1 Å². The Balaban J connectivity index is 1.80. The van der Waals surface area contributed by atoms with Crippen LogP contribution in [-0.4, -0.2) is 32.2 Å². The van der Waals surface area contributed by atoms with Crippen molar-refractivity contribution in [3.8, 4) is 0 Å². The van der Waals surface area contributed by atoms with E-state index in [0.29, 0.717) is 5.95 Å². The summed E-state index contributed by atoms with van der Waals surface area (Å²) in [7, 11) is 1.80. The van der Waals surface area contributed by atoms with Crippen LogP contribution in [0.1, 0.15) is 0 Å². The van der Waals surface area contributed by atoms with Gasteiger partial charge in [0.2, 0.25) is 5.95 Å². The molecule has 4 aromatic rings. The topological polar surface area (TPSA) is 82.3 Å². The van der Waals surface area contributed by atoms with Gasteiger partial charge in [-0.3, -0.25) is 5.10 Å². The molecule has 0 aliphatic heterocycles. The zero-order valence-corrected chi connectivity index (χ0v) is 12.0. The third-order valence-corrected chi connectivity index (χ3v) is 4.15. The second-order valence-corrected chi connectivity index (χ2v) is 5.59. The van der Waals surface area contributed by atoms with Crippen LogP contribution in [-0.2, 0) is 0 Å². The second-order valence-electron chi connectivity index (χ2n) is 4.56. The average Bonchev–Trinajstić information content (AvgIpc) is 3.12. The van der Waals surface area contributed by atoms with Crippen molar-refractivity contribution in [2.75, 3.05) is 12.4 Å². The minimum Gasteiger partial charge on any atom is -0.357 e. The molecule has 0 spiro atoms. The van der Waals surface area contributed by atoms with Crippen LogP contribution in [0.4, 0.5) is 5.95 Å². The summed E-state index contributed by atoms with van der Waals surface area (Å²) in [5, 5.41) is 13.9. The summed E-state index contributed by atoms with van der Waals surface area (Å²) in [4.78, 5) is 12.2. The maximum Gasteiger partial charge on any atom is 0.225 e. The Bertz CT molecular complexity index is 892. The summed E-state index contributed by atoms with van der Waals surface area (Å²) in [6.07, 6.45) is 1.75. The van der Waals surface area contributed by atoms with Crippen LogP contribution < -0.4 is 5.32 Å². The highest BCUT2D eigenvalue weighted by Gasteiger charge is 2.11. The molecule has 0 unspecified atom stereocenters. The molecule has 0 saturated carbocycles. The number of aromatic nitrogens is 5. The molecule has 6 nitrogen and oxygen atoms in total. The maximum absolute atomic E-state index is 4.52. The normalized spacial score (nSPS) is 11.3. The fourth-order valence-corrected chi connectivity index (χ4v) is 3.15. The SMILES string of the molecule is CNc1nc(Sc2cc3ccccc3[nH]2)c2cn[nH]c2n1. The van der Waals surface area contributed by atoms with E-state index in [1.54, 1.807) is 25.0 Å². The standard InChI is InChI=1S/C14H12N6S/c1-15-14-18-12-9(7-16-20-12)13(19-14)21-11-6-8-4-2-3-5-10(8)17-11/h2-7,17H,1H3,(H2,15,16,18,19,20). The molecule has 7 heteroatoms. The van der Waals surface area contributed by atoms with Crippen LogP contribution in [0.15, 0.2) is 46.6 Å². The average molecular weight is 296 g/mol. The van der Waals surface area contributed by atoms with Crippen LogP contribution >= 0.6 is 11.8 Å². The van der Waals surface area contributed by atoms with Crippen molar-refractivity contribution in [1.29, 1.82) is 0 Å². The Kier molecular flexibility index (Phi) is 2.78. The van der Waals surface area contributed by atoms with Gasteiger partial charge in [-0.1, -0.05) is 30.0 Å². The number of hydrogen-bond donors (Lipinski definition) is 3. The number of nitrogens with one attached hydrogen (secondary N) is 3. The Labute approximate surface area is 124 Å². The number of para-hydroxylation sites is 1. The first-order valence-corrected chi connectivity index (χ1v) is 7.29. The van der Waals surface area contributed by atoms with E-state index in [0.717, 1.165) is 26.6 Å². The van der Waals surface area contributed by atoms with E-state index in [1.165, 1.54) is 5.39 Å². The van der Waals surface area contributed by atoms with E-state index in [2.05, 4.69) is 48.7 Å². The highest BCUT2D eigenvalue weighted by molar-refractivity contribution is 7.99. The van der Waals surface area contributed by atoms with Gasteiger partial charge in [-0.15, -0.1) is 0 Å². The summed E-state index contributed by atoms with van der Waals surface area (Å²) in [5.41, 5.74) is 1.85. The molecule has 0 aliphatic carbocycles. The molecule has 0 bridgehead atoms. The maximum atomic E-state index is 4.52. The molecule has 0 fully saturated rings. The van der Waals surface area contributed by atoms with E-state index in [-0.39, 0.29) is 0 Å². The first kappa shape index (κ1) is 12.2. The van der Waals surface area contributed by atoms with Gasteiger partial charge in [-0.25, -0.2) is 4.98 Å². The Morgan fingerprint density at radius 1 is 1.19 bits per heavy atom. The molecule has 0 radical (unpaired) electrons. The minimum atomic E-state index is 0.574. The predicted molar refractivity (Wildman–Crippen MR) is 83.7 cm³/mol. The van der Waals surface area contributed by atoms with E-state index in [4.69, 9.17) is 0 Å². The van der Waals surface area contributed by atoms with E-state index in [9.17, 15) is 0 Å². The van der Waals surface area contributed by atoms with Crippen molar-refractivity contribution in [2.24, 2.45) is 0 Å². The molecule has 1 aromatic carbocycles. The van der Waals surface area contributed by atoms with Crippen LogP contribution in [0.3, 0.4) is 0 Å². The lowest BCUT2D eigenvalue weighted by Gasteiger charge is -2.03. The van der Waals surface area contributed by atoms with E-state index < -0.39 is 0 Å². The lowest BCUT2D eigenvalue weighted by atomic mass is 10.3. The summed E-state index contributed by atoms with van der Waals surface area (Å²) < 4.78 is 0. The largest absolute Gasteiger partial charge is 0.357 e. The van der Waals surface area contributed by atoms with Gasteiger partial charge in [0.25, 0.3) is 0 Å². The molecule has 0 aliphatic rings. The molecule has 3 aromatic heterocycles. The van der Waals surface area contributed by atoms with E-state index >= 15 is 0 Å². The summed E-state index contributed by atoms with van der Waals surface area (Å²) in [6.45, 7) is 0. The number of aromatic amines is 2. The highest BCUT2D eigenvalue weighted by Crippen LogP contribution is 2.32. The Morgan fingerprint density at radius 3 is 2.95 bits per heavy atom. The Morgan fingerprint density at radius 2 is 2.10 bits per heavy atom. The zero-order valence-electron chi connectivity index (χ0n) is 11.2. The van der Waals surface area contributed by atoms with Crippen LogP contribution in [0, 0.1) is 0 Å². The van der Waals surface area contributed by atoms with Crippen molar-refractivity contribution >= 4 is 39.6 Å². The number of benzene rings is 1. The van der Waals surface area contributed by atoms with Gasteiger partial charge in [-0.2, -0.15) is 10.1 Å². The number of H-pyrrole nitrogens is 2. The van der Waals surface area contributed by atoms with Crippen LogP contribution in [0.5, 0.6) is 0 Å². The number of nitrogens with zero attached hydrogens (tertiary/aromatic N) is 3. The number of rotatable bonds is 3. The van der Waals surface area contributed by atoms with Crippen molar-refractivity contribution in [2.45, 2.75) is 10.1 Å². The molecular weight excluding hydrogens is 284 g/mol. The van der Waals surface area contributed by atoms with Crippen molar-refractivity contribution in [3.63, 3.8) is 0 Å². The fourth-order valence-electron chi connectivity index (χ4n) is 2.20. The molecule has 21 heavy (non-hydrogen) atoms. The summed E-state index contributed by atoms with van der Waals surface area (Å²) in [6, 6.07) is 10.3. The first-order chi connectivity index (χ1) is 10.3. The van der Waals surface area contributed by atoms with Gasteiger partial charge >= 0.3 is 0 Å². The lowest BCUT2D eigenvalue weighted by molar-refractivity contribution is 1.06. The van der Waals surface area contributed by atoms with Gasteiger partial charge < -0.3 is 10.3 Å². The van der Waals surface area contributed by atoms with Crippen LogP contribution in [0.25, 0.3) is 21.9 Å². The lowest BCUT2D eigenvalue weighted by Crippen LogP contribution is -1.97. The molecular formula is C14H12N6S. The highest BCUT2D eigenvalue weighted by atomic mass is 32.2. The molecule has 3 heterocycles. The zero-order chi connectivity index (χ0) is 14.2. The third-order valence-electron chi connectivity index (χ3n) is 3.21. The first-order valence-electron chi connectivity index (χ1n) is 6.48. The number of fused-ring (bicyclic) bond motifs is 2. The fraction of sp³-hybridized carbons (Fsp3) is 0.0714. The van der Waals surface area contributed by atoms with Crippen molar-refractivity contribution in [3.05, 3.63) is 36.5 Å². The van der Waals surface area contributed by atoms with Crippen molar-refractivity contribution in [1.82, 2.24) is 25.1 Å². The van der Waals surface area contributed by atoms with Crippen molar-refractivity contribution < 1.29 is 0 Å². The van der Waals surface area contributed by atoms with Gasteiger partial charge in [0, 0.05) is 18.0 Å². The second kappa shape index (κ2) is 4.78. The molecule has 4 rings (SSSR count). The molecule has 0 amide bonds. The van der Waals surface area contributed by atoms with E-state index in [1.807, 2.05) is 12.1 Å². The van der Waals surface area contributed by atoms with Gasteiger partial charge in [0.05, 0.1) is 16.6 Å². The van der Waals surface area contributed by atoms with Gasteiger partial charge in [0.15, 0.2) is 5.65 Å².